The fourth-order valence-electron chi connectivity index (χ4n) is 3.45. The molecule has 1 rings (SSSR count). The van der Waals surface area contributed by atoms with Crippen molar-refractivity contribution in [2.45, 2.75) is 83.8 Å². The van der Waals surface area contributed by atoms with E-state index in [4.69, 9.17) is 34.8 Å². The molecule has 1 aliphatic rings. The van der Waals surface area contributed by atoms with Crippen molar-refractivity contribution in [3.8, 4) is 12.3 Å². The molecule has 35 heavy (non-hydrogen) atoms. The van der Waals surface area contributed by atoms with Crippen molar-refractivity contribution in [2.75, 3.05) is 13.2 Å². The van der Waals surface area contributed by atoms with Gasteiger partial charge in [0.05, 0.1) is 5.60 Å². The zero-order valence-electron chi connectivity index (χ0n) is 20.3. The summed E-state index contributed by atoms with van der Waals surface area (Å²) in [5.41, 5.74) is -1.65. The first-order valence-electron chi connectivity index (χ1n) is 10.5. The number of carbonyl (C=O) groups excluding carboxylic acids is 5. The van der Waals surface area contributed by atoms with Crippen LogP contribution in [0.2, 0.25) is 0 Å². The number of nitrogens with one attached hydrogen (secondary N) is 1. The lowest BCUT2D eigenvalue weighted by molar-refractivity contribution is -0.250. The second-order valence-electron chi connectivity index (χ2n) is 8.14. The highest BCUT2D eigenvalue weighted by Crippen LogP contribution is 2.36. The third kappa shape index (κ3) is 9.05. The molecular formula is C22H30FNO11. The molecule has 0 spiro atoms. The van der Waals surface area contributed by atoms with E-state index in [0.717, 1.165) is 27.7 Å². The van der Waals surface area contributed by atoms with Crippen molar-refractivity contribution in [1.29, 1.82) is 0 Å². The predicted molar refractivity (Wildman–Crippen MR) is 114 cm³/mol. The van der Waals surface area contributed by atoms with Gasteiger partial charge in [0.25, 0.3) is 0 Å². The molecule has 4 unspecified atom stereocenters. The first-order valence-corrected chi connectivity index (χ1v) is 10.5. The highest BCUT2D eigenvalue weighted by atomic mass is 19.1. The van der Waals surface area contributed by atoms with E-state index in [9.17, 15) is 24.0 Å². The van der Waals surface area contributed by atoms with E-state index in [1.807, 2.05) is 0 Å². The minimum atomic E-state index is -1.97. The van der Waals surface area contributed by atoms with Crippen LogP contribution in [0.25, 0.3) is 0 Å². The second-order valence-corrected chi connectivity index (χ2v) is 8.14. The number of halogens is 1. The van der Waals surface area contributed by atoms with E-state index in [0.29, 0.717) is 0 Å². The summed E-state index contributed by atoms with van der Waals surface area (Å²) in [6, 6.07) is -1.52. The van der Waals surface area contributed by atoms with Gasteiger partial charge < -0.3 is 33.7 Å². The number of hydrogen-bond acceptors (Lipinski definition) is 11. The zero-order chi connectivity index (χ0) is 26.9. The van der Waals surface area contributed by atoms with Crippen molar-refractivity contribution in [1.82, 2.24) is 5.32 Å². The number of rotatable bonds is 9. The number of alkyl halides is 1. The van der Waals surface area contributed by atoms with Crippen LogP contribution < -0.4 is 5.32 Å². The van der Waals surface area contributed by atoms with Gasteiger partial charge >= 0.3 is 30.0 Å². The van der Waals surface area contributed by atoms with Gasteiger partial charge in [0.1, 0.15) is 18.8 Å². The van der Waals surface area contributed by atoms with Crippen LogP contribution in [0.5, 0.6) is 0 Å². The smallest absolute Gasteiger partial charge is 0.408 e. The van der Waals surface area contributed by atoms with Crippen molar-refractivity contribution in [3.63, 3.8) is 0 Å². The average molecular weight is 503 g/mol. The third-order valence-electron chi connectivity index (χ3n) is 4.73. The number of terminal acetylenes is 1. The Labute approximate surface area is 202 Å². The van der Waals surface area contributed by atoms with Crippen LogP contribution in [-0.2, 0) is 47.6 Å². The fraction of sp³-hybridized carbons (Fsp3) is 0.682. The molecular weight excluding hydrogens is 473 g/mol. The van der Waals surface area contributed by atoms with Gasteiger partial charge in [-0.1, -0.05) is 5.92 Å². The third-order valence-corrected chi connectivity index (χ3v) is 4.73. The van der Waals surface area contributed by atoms with Crippen LogP contribution in [0.15, 0.2) is 0 Å². The molecule has 12 nitrogen and oxygen atoms in total. The van der Waals surface area contributed by atoms with Gasteiger partial charge in [-0.2, -0.15) is 0 Å². The molecule has 0 saturated carbocycles. The maximum absolute atomic E-state index is 15.4. The van der Waals surface area contributed by atoms with Crippen LogP contribution >= 0.6 is 0 Å². The molecule has 6 atom stereocenters. The summed E-state index contributed by atoms with van der Waals surface area (Å²) >= 11 is 0. The largest absolute Gasteiger partial charge is 0.462 e. The number of esters is 4. The van der Waals surface area contributed by atoms with Crippen molar-refractivity contribution in [2.24, 2.45) is 0 Å². The Kier molecular flexibility index (Phi) is 10.9. The summed E-state index contributed by atoms with van der Waals surface area (Å²) in [7, 11) is 0. The Hall–Kier alpha value is -3.40. The van der Waals surface area contributed by atoms with Crippen molar-refractivity contribution < 1.29 is 56.8 Å². The van der Waals surface area contributed by atoms with E-state index in [2.05, 4.69) is 11.2 Å². The van der Waals surface area contributed by atoms with Crippen molar-refractivity contribution in [3.05, 3.63) is 0 Å². The number of amides is 1. The lowest BCUT2D eigenvalue weighted by Crippen LogP contribution is -2.70. The maximum atomic E-state index is 15.4. The zero-order valence-corrected chi connectivity index (χ0v) is 20.3. The summed E-state index contributed by atoms with van der Waals surface area (Å²) in [4.78, 5) is 59.2. The Balaban J connectivity index is 3.59. The van der Waals surface area contributed by atoms with E-state index in [1.54, 1.807) is 0 Å². The van der Waals surface area contributed by atoms with Gasteiger partial charge in [0.15, 0.2) is 31.1 Å². The standard InChI is InChI=1S/C22H30FNO11/c1-8-9-30-21(29)24-16-18(35-22(6,7)20(23)19(16)34-14(5)28)17(33-13(4)27)15(32-12(3)26)10-31-11(2)25/h1,15-20H,9-10H2,2-7H3,(H,24,29)/t15-,16?,17-,18?,19?,20?/m1/s1. The van der Waals surface area contributed by atoms with Crippen LogP contribution in [0, 0.1) is 12.3 Å². The molecule has 1 heterocycles. The SMILES string of the molecule is C#CCOC(=O)NC1C(OC(C)=O)C(F)C(C)(C)OC1[C@H](OC(C)=O)[C@@H](COC(C)=O)OC(C)=O. The van der Waals surface area contributed by atoms with Gasteiger partial charge in [-0.05, 0) is 13.8 Å². The monoisotopic (exact) mass is 503 g/mol. The lowest BCUT2D eigenvalue weighted by atomic mass is 9.83. The summed E-state index contributed by atoms with van der Waals surface area (Å²) < 4.78 is 46.7. The summed E-state index contributed by atoms with van der Waals surface area (Å²) in [5, 5.41) is 2.32. The topological polar surface area (TPSA) is 153 Å². The van der Waals surface area contributed by atoms with E-state index < -0.39 is 85.4 Å². The summed E-state index contributed by atoms with van der Waals surface area (Å²) in [6.45, 7) is 5.91. The van der Waals surface area contributed by atoms with Crippen LogP contribution in [0.4, 0.5) is 9.18 Å². The number of ether oxygens (including phenoxy) is 6. The highest BCUT2D eigenvalue weighted by Gasteiger charge is 2.57. The first-order chi connectivity index (χ1) is 16.2. The molecule has 0 radical (unpaired) electrons. The number of alkyl carbamates (subject to hydrolysis) is 1. The Morgan fingerprint density at radius 2 is 1.60 bits per heavy atom. The Morgan fingerprint density at radius 3 is 2.09 bits per heavy atom. The van der Waals surface area contributed by atoms with Crippen LogP contribution in [-0.4, -0.2) is 85.4 Å². The number of carbonyl (C=O) groups is 5. The quantitative estimate of drug-likeness (QED) is 0.267. The van der Waals surface area contributed by atoms with Crippen LogP contribution in [0.3, 0.4) is 0 Å². The molecule has 0 aromatic heterocycles. The summed E-state index contributed by atoms with van der Waals surface area (Å²) in [6.07, 6.45) is -4.14. The summed E-state index contributed by atoms with van der Waals surface area (Å²) in [5.74, 6) is -1.22. The lowest BCUT2D eigenvalue weighted by Gasteiger charge is -2.49. The fourth-order valence-corrected chi connectivity index (χ4v) is 3.45. The van der Waals surface area contributed by atoms with E-state index >= 15 is 4.39 Å². The van der Waals surface area contributed by atoms with Gasteiger partial charge in [-0.15, -0.1) is 6.42 Å². The highest BCUT2D eigenvalue weighted by molar-refractivity contribution is 5.70. The van der Waals surface area contributed by atoms with Crippen LogP contribution in [0.1, 0.15) is 41.5 Å². The molecule has 0 aromatic carbocycles. The van der Waals surface area contributed by atoms with Crippen molar-refractivity contribution >= 4 is 30.0 Å². The second kappa shape index (κ2) is 12.9. The predicted octanol–water partition coefficient (Wildman–Crippen LogP) is 0.588. The first kappa shape index (κ1) is 29.6. The Bertz CT molecular complexity index is 853. The van der Waals surface area contributed by atoms with Gasteiger partial charge in [-0.25, -0.2) is 9.18 Å². The van der Waals surface area contributed by atoms with Gasteiger partial charge in [0.2, 0.25) is 0 Å². The molecule has 0 aliphatic carbocycles. The molecule has 1 saturated heterocycles. The molecule has 1 fully saturated rings. The molecule has 196 valence electrons. The molecule has 1 amide bonds. The molecule has 0 bridgehead atoms. The maximum Gasteiger partial charge on any atom is 0.408 e. The minimum Gasteiger partial charge on any atom is -0.462 e. The molecule has 0 aromatic rings. The molecule has 13 heteroatoms. The minimum absolute atomic E-state index is 0.428. The van der Waals surface area contributed by atoms with Gasteiger partial charge in [0, 0.05) is 27.7 Å². The van der Waals surface area contributed by atoms with E-state index in [-0.39, 0.29) is 0 Å². The van der Waals surface area contributed by atoms with E-state index in [1.165, 1.54) is 13.8 Å². The average Bonchev–Trinajstić information content (AvgIpc) is 2.72. The molecule has 1 aliphatic heterocycles. The number of hydrogen-bond donors (Lipinski definition) is 1. The van der Waals surface area contributed by atoms with Gasteiger partial charge in [-0.3, -0.25) is 19.2 Å². The normalized spacial score (nSPS) is 24.5. The molecule has 1 N–H and O–H groups in total. The Morgan fingerprint density at radius 1 is 1.00 bits per heavy atom.